The predicted octanol–water partition coefficient (Wildman–Crippen LogP) is 7.54. The second kappa shape index (κ2) is 16.3. The maximum Gasteiger partial charge on any atom is 0.119 e. The van der Waals surface area contributed by atoms with Crippen LogP contribution in [0, 0.1) is 0 Å². The molecule has 0 radical (unpaired) electrons. The Kier molecular flexibility index (Phi) is 14.5. The molecule has 0 N–H and O–H groups in total. The third-order valence-corrected chi connectivity index (χ3v) is 5.20. The Morgan fingerprint density at radius 3 is 1.48 bits per heavy atom. The Morgan fingerprint density at radius 2 is 1.00 bits per heavy atom. The van der Waals surface area contributed by atoms with Gasteiger partial charge in [-0.05, 0) is 44.9 Å². The number of allylic oxidation sites excluding steroid dienone is 2. The van der Waals surface area contributed by atoms with Gasteiger partial charge in [0.1, 0.15) is 6.29 Å². The van der Waals surface area contributed by atoms with Crippen molar-refractivity contribution in [3.05, 3.63) is 11.6 Å². The van der Waals surface area contributed by atoms with E-state index in [0.29, 0.717) is 0 Å². The molecule has 1 aliphatic carbocycles. The molecule has 0 aliphatic heterocycles. The summed E-state index contributed by atoms with van der Waals surface area (Å²) in [5.74, 6) is 0. The van der Waals surface area contributed by atoms with Crippen molar-refractivity contribution in [1.29, 1.82) is 0 Å². The van der Waals surface area contributed by atoms with Gasteiger partial charge in [0.2, 0.25) is 0 Å². The first kappa shape index (κ1) is 20.5. The summed E-state index contributed by atoms with van der Waals surface area (Å²) in [4.78, 5) is 10.2. The van der Waals surface area contributed by atoms with Crippen molar-refractivity contribution in [1.82, 2.24) is 0 Å². The number of hydrogen-bond acceptors (Lipinski definition) is 1. The second-order valence-electron chi connectivity index (χ2n) is 7.41. The van der Waals surface area contributed by atoms with E-state index in [2.05, 4.69) is 6.08 Å². The number of carbonyl (C=O) groups is 1. The molecule has 1 saturated carbocycles. The lowest BCUT2D eigenvalue weighted by molar-refractivity contribution is -0.107. The van der Waals surface area contributed by atoms with Gasteiger partial charge in [0.15, 0.2) is 0 Å². The lowest BCUT2D eigenvalue weighted by Gasteiger charge is -2.13. The minimum Gasteiger partial charge on any atom is -0.303 e. The monoisotopic (exact) mass is 320 g/mol. The Morgan fingerprint density at radius 1 is 0.565 bits per heavy atom. The minimum absolute atomic E-state index is 0.761. The lowest BCUT2D eigenvalue weighted by Crippen LogP contribution is -1.93. The highest BCUT2D eigenvalue weighted by Crippen LogP contribution is 2.23. The molecule has 1 rings (SSSR count). The van der Waals surface area contributed by atoms with Crippen LogP contribution in [0.4, 0.5) is 0 Å². The summed E-state index contributed by atoms with van der Waals surface area (Å²) in [5, 5.41) is 0. The third-order valence-electron chi connectivity index (χ3n) is 5.20. The van der Waals surface area contributed by atoms with Crippen LogP contribution in [0.15, 0.2) is 11.6 Å². The van der Waals surface area contributed by atoms with E-state index in [0.717, 1.165) is 19.1 Å². The minimum atomic E-state index is 0.761. The molecule has 0 unspecified atom stereocenters. The van der Waals surface area contributed by atoms with Crippen molar-refractivity contribution in [2.45, 2.75) is 122 Å². The molecule has 134 valence electrons. The number of aldehydes is 1. The standard InChI is InChI=1S/C22H40O/c23-21-17-12-10-8-6-4-2-1-3-5-7-9-11-14-18-22-19-15-13-16-20-22/h18,21H,1-17,19-20H2. The molecule has 0 heterocycles. The highest BCUT2D eigenvalue weighted by molar-refractivity contribution is 5.48. The van der Waals surface area contributed by atoms with E-state index in [1.807, 2.05) is 0 Å². The van der Waals surface area contributed by atoms with Crippen LogP contribution in [-0.2, 0) is 4.79 Å². The van der Waals surface area contributed by atoms with Gasteiger partial charge in [0.25, 0.3) is 0 Å². The summed E-state index contributed by atoms with van der Waals surface area (Å²) in [6.45, 7) is 0. The summed E-state index contributed by atoms with van der Waals surface area (Å²) in [7, 11) is 0. The molecule has 1 heteroatoms. The van der Waals surface area contributed by atoms with Crippen LogP contribution in [0.1, 0.15) is 122 Å². The molecular weight excluding hydrogens is 280 g/mol. The fourth-order valence-electron chi connectivity index (χ4n) is 3.66. The van der Waals surface area contributed by atoms with Crippen molar-refractivity contribution in [3.8, 4) is 0 Å². The molecule has 0 spiro atoms. The van der Waals surface area contributed by atoms with Gasteiger partial charge >= 0.3 is 0 Å². The summed E-state index contributed by atoms with van der Waals surface area (Å²) in [6, 6.07) is 0. The number of hydrogen-bond donors (Lipinski definition) is 0. The summed E-state index contributed by atoms with van der Waals surface area (Å²) in [5.41, 5.74) is 1.75. The summed E-state index contributed by atoms with van der Waals surface area (Å²) >= 11 is 0. The molecule has 0 saturated heterocycles. The number of rotatable bonds is 15. The van der Waals surface area contributed by atoms with Crippen LogP contribution >= 0.6 is 0 Å². The quantitative estimate of drug-likeness (QED) is 0.173. The maximum atomic E-state index is 10.2. The van der Waals surface area contributed by atoms with Gasteiger partial charge in [0, 0.05) is 6.42 Å². The second-order valence-corrected chi connectivity index (χ2v) is 7.41. The van der Waals surface area contributed by atoms with E-state index >= 15 is 0 Å². The lowest BCUT2D eigenvalue weighted by atomic mass is 9.94. The van der Waals surface area contributed by atoms with E-state index in [1.165, 1.54) is 109 Å². The topological polar surface area (TPSA) is 17.1 Å². The highest BCUT2D eigenvalue weighted by Gasteiger charge is 2.03. The first-order chi connectivity index (χ1) is 11.4. The normalized spacial score (nSPS) is 14.9. The fraction of sp³-hybridized carbons (Fsp3) is 0.864. The summed E-state index contributed by atoms with van der Waals surface area (Å²) < 4.78 is 0. The van der Waals surface area contributed by atoms with Crippen molar-refractivity contribution in [3.63, 3.8) is 0 Å². The molecule has 23 heavy (non-hydrogen) atoms. The van der Waals surface area contributed by atoms with E-state index < -0.39 is 0 Å². The van der Waals surface area contributed by atoms with Gasteiger partial charge in [-0.25, -0.2) is 0 Å². The first-order valence-corrected chi connectivity index (χ1v) is 10.5. The van der Waals surface area contributed by atoms with Crippen LogP contribution in [-0.4, -0.2) is 6.29 Å². The fourth-order valence-corrected chi connectivity index (χ4v) is 3.66. The molecule has 1 nitrogen and oxygen atoms in total. The molecule has 0 atom stereocenters. The van der Waals surface area contributed by atoms with Crippen molar-refractivity contribution in [2.75, 3.05) is 0 Å². The molecule has 1 fully saturated rings. The number of unbranched alkanes of at least 4 members (excludes halogenated alkanes) is 13. The Balaban J connectivity index is 1.72. The molecule has 0 aromatic carbocycles. The van der Waals surface area contributed by atoms with Crippen LogP contribution < -0.4 is 0 Å². The average Bonchev–Trinajstić information content (AvgIpc) is 2.59. The van der Waals surface area contributed by atoms with Crippen LogP contribution in [0.3, 0.4) is 0 Å². The van der Waals surface area contributed by atoms with E-state index in [9.17, 15) is 4.79 Å². The largest absolute Gasteiger partial charge is 0.303 e. The van der Waals surface area contributed by atoms with Crippen molar-refractivity contribution in [2.24, 2.45) is 0 Å². The van der Waals surface area contributed by atoms with Gasteiger partial charge < -0.3 is 4.79 Å². The molecule has 0 aromatic rings. The van der Waals surface area contributed by atoms with Gasteiger partial charge in [-0.15, -0.1) is 0 Å². The highest BCUT2D eigenvalue weighted by atomic mass is 16.1. The molecular formula is C22H40O. The van der Waals surface area contributed by atoms with E-state index in [1.54, 1.807) is 5.57 Å². The van der Waals surface area contributed by atoms with Crippen LogP contribution in [0.5, 0.6) is 0 Å². The van der Waals surface area contributed by atoms with Gasteiger partial charge in [-0.2, -0.15) is 0 Å². The average molecular weight is 321 g/mol. The van der Waals surface area contributed by atoms with Gasteiger partial charge in [-0.1, -0.05) is 82.3 Å². The molecule has 0 aromatic heterocycles. The molecule has 0 bridgehead atoms. The molecule has 1 aliphatic rings. The van der Waals surface area contributed by atoms with E-state index in [-0.39, 0.29) is 0 Å². The summed E-state index contributed by atoms with van der Waals surface area (Å²) in [6.07, 6.45) is 29.2. The Bertz CT molecular complexity index is 284. The third kappa shape index (κ3) is 13.5. The van der Waals surface area contributed by atoms with Gasteiger partial charge in [-0.3, -0.25) is 0 Å². The maximum absolute atomic E-state index is 10.2. The zero-order valence-corrected chi connectivity index (χ0v) is 15.5. The first-order valence-electron chi connectivity index (χ1n) is 10.5. The van der Waals surface area contributed by atoms with Crippen molar-refractivity contribution < 1.29 is 4.79 Å². The smallest absolute Gasteiger partial charge is 0.119 e. The Labute approximate surface area is 145 Å². The SMILES string of the molecule is O=CCCCCCCCCCCCCCCC=C1CCCCC1. The Hall–Kier alpha value is -0.590. The van der Waals surface area contributed by atoms with E-state index in [4.69, 9.17) is 0 Å². The van der Waals surface area contributed by atoms with Crippen LogP contribution in [0.25, 0.3) is 0 Å². The van der Waals surface area contributed by atoms with Crippen molar-refractivity contribution >= 4 is 6.29 Å². The van der Waals surface area contributed by atoms with Gasteiger partial charge in [0.05, 0.1) is 0 Å². The predicted molar refractivity (Wildman–Crippen MR) is 102 cm³/mol. The zero-order chi connectivity index (χ0) is 16.4. The van der Waals surface area contributed by atoms with Crippen LogP contribution in [0.2, 0.25) is 0 Å². The zero-order valence-electron chi connectivity index (χ0n) is 15.5. The number of carbonyl (C=O) groups excluding carboxylic acids is 1. The molecule has 0 amide bonds.